The Labute approximate surface area is 124 Å². The summed E-state index contributed by atoms with van der Waals surface area (Å²) < 4.78 is 26.4. The maximum atomic E-state index is 12.6. The average molecular weight is 307 g/mol. The zero-order valence-electron chi connectivity index (χ0n) is 11.7. The van der Waals surface area contributed by atoms with Crippen molar-refractivity contribution in [3.05, 3.63) is 35.4 Å². The minimum absolute atomic E-state index is 0.263. The van der Waals surface area contributed by atoms with E-state index in [1.807, 2.05) is 6.07 Å². The SMILES string of the molecule is CCC1C(=O)NCCN1S(=O)(=O)Cc1ccccc1C#N. The van der Waals surface area contributed by atoms with Crippen LogP contribution in [0.1, 0.15) is 24.5 Å². The lowest BCUT2D eigenvalue weighted by atomic mass is 10.1. The fourth-order valence-corrected chi connectivity index (χ4v) is 4.26. The highest BCUT2D eigenvalue weighted by atomic mass is 32.2. The van der Waals surface area contributed by atoms with Crippen LogP contribution in [-0.2, 0) is 20.6 Å². The Morgan fingerprint density at radius 3 is 2.81 bits per heavy atom. The zero-order chi connectivity index (χ0) is 15.5. The zero-order valence-corrected chi connectivity index (χ0v) is 12.6. The third-order valence-corrected chi connectivity index (χ3v) is 5.33. The number of nitrogens with one attached hydrogen (secondary N) is 1. The van der Waals surface area contributed by atoms with Gasteiger partial charge in [0.1, 0.15) is 6.04 Å². The van der Waals surface area contributed by atoms with Crippen molar-refractivity contribution in [1.82, 2.24) is 9.62 Å². The molecule has 1 fully saturated rings. The molecule has 0 bridgehead atoms. The summed E-state index contributed by atoms with van der Waals surface area (Å²) in [6, 6.07) is 7.93. The molecule has 21 heavy (non-hydrogen) atoms. The highest BCUT2D eigenvalue weighted by molar-refractivity contribution is 7.88. The number of carbonyl (C=O) groups excluding carboxylic acids is 1. The molecule has 0 saturated carbocycles. The van der Waals surface area contributed by atoms with Crippen molar-refractivity contribution in [2.24, 2.45) is 0 Å². The van der Waals surface area contributed by atoms with Crippen LogP contribution in [0, 0.1) is 11.3 Å². The van der Waals surface area contributed by atoms with Crippen molar-refractivity contribution in [2.75, 3.05) is 13.1 Å². The maximum absolute atomic E-state index is 12.6. The number of amides is 1. The second kappa shape index (κ2) is 6.24. The van der Waals surface area contributed by atoms with Gasteiger partial charge in [0, 0.05) is 13.1 Å². The second-order valence-corrected chi connectivity index (χ2v) is 6.77. The maximum Gasteiger partial charge on any atom is 0.238 e. The molecule has 0 spiro atoms. The quantitative estimate of drug-likeness (QED) is 0.882. The molecule has 0 radical (unpaired) electrons. The molecule has 1 N–H and O–H groups in total. The Bertz CT molecular complexity index is 679. The third-order valence-electron chi connectivity index (χ3n) is 3.50. The van der Waals surface area contributed by atoms with Crippen LogP contribution in [0.4, 0.5) is 0 Å². The highest BCUT2D eigenvalue weighted by Crippen LogP contribution is 2.19. The number of hydrogen-bond acceptors (Lipinski definition) is 4. The molecule has 1 atom stereocenters. The Morgan fingerprint density at radius 1 is 1.43 bits per heavy atom. The van der Waals surface area contributed by atoms with Gasteiger partial charge in [-0.15, -0.1) is 0 Å². The van der Waals surface area contributed by atoms with E-state index in [-0.39, 0.29) is 18.2 Å². The number of benzene rings is 1. The molecule has 1 aliphatic heterocycles. The normalized spacial score (nSPS) is 19.8. The lowest BCUT2D eigenvalue weighted by Crippen LogP contribution is -2.57. The first-order valence-corrected chi connectivity index (χ1v) is 8.35. The molecule has 0 aliphatic carbocycles. The van der Waals surface area contributed by atoms with Gasteiger partial charge in [0.05, 0.1) is 17.4 Å². The highest BCUT2D eigenvalue weighted by Gasteiger charge is 2.36. The van der Waals surface area contributed by atoms with E-state index in [9.17, 15) is 13.2 Å². The number of rotatable bonds is 4. The molecule has 1 aromatic carbocycles. The van der Waals surface area contributed by atoms with Gasteiger partial charge in [0.2, 0.25) is 15.9 Å². The van der Waals surface area contributed by atoms with Gasteiger partial charge < -0.3 is 5.32 Å². The summed E-state index contributed by atoms with van der Waals surface area (Å²) in [4.78, 5) is 11.8. The molecule has 1 aromatic rings. The van der Waals surface area contributed by atoms with E-state index in [1.54, 1.807) is 31.2 Å². The van der Waals surface area contributed by atoms with Crippen LogP contribution < -0.4 is 5.32 Å². The molecule has 1 amide bonds. The van der Waals surface area contributed by atoms with Crippen LogP contribution in [0.5, 0.6) is 0 Å². The number of hydrogen-bond donors (Lipinski definition) is 1. The molecule has 1 saturated heterocycles. The van der Waals surface area contributed by atoms with Gasteiger partial charge in [0.15, 0.2) is 0 Å². The van der Waals surface area contributed by atoms with Crippen LogP contribution in [0.2, 0.25) is 0 Å². The van der Waals surface area contributed by atoms with Crippen LogP contribution in [0.15, 0.2) is 24.3 Å². The van der Waals surface area contributed by atoms with Crippen molar-refractivity contribution in [1.29, 1.82) is 5.26 Å². The first kappa shape index (κ1) is 15.5. The predicted octanol–water partition coefficient (Wildman–Crippen LogP) is 0.598. The Morgan fingerprint density at radius 2 is 2.14 bits per heavy atom. The minimum Gasteiger partial charge on any atom is -0.353 e. The summed E-state index contributed by atoms with van der Waals surface area (Å²) in [5, 5.41) is 11.7. The Balaban J connectivity index is 2.29. The van der Waals surface area contributed by atoms with Gasteiger partial charge in [-0.2, -0.15) is 9.57 Å². The van der Waals surface area contributed by atoms with Gasteiger partial charge in [-0.3, -0.25) is 4.79 Å². The van der Waals surface area contributed by atoms with Gasteiger partial charge in [0.25, 0.3) is 0 Å². The summed E-state index contributed by atoms with van der Waals surface area (Å²) >= 11 is 0. The van der Waals surface area contributed by atoms with E-state index in [2.05, 4.69) is 5.32 Å². The second-order valence-electron chi connectivity index (χ2n) is 4.85. The van der Waals surface area contributed by atoms with Crippen molar-refractivity contribution < 1.29 is 13.2 Å². The molecular formula is C14H17N3O3S. The predicted molar refractivity (Wildman–Crippen MR) is 77.6 cm³/mol. The minimum atomic E-state index is -3.64. The third kappa shape index (κ3) is 3.23. The van der Waals surface area contributed by atoms with Crippen LogP contribution >= 0.6 is 0 Å². The Kier molecular flexibility index (Phi) is 4.60. The lowest BCUT2D eigenvalue weighted by Gasteiger charge is -2.33. The summed E-state index contributed by atoms with van der Waals surface area (Å²) in [5.41, 5.74) is 0.802. The van der Waals surface area contributed by atoms with Crippen molar-refractivity contribution in [3.8, 4) is 6.07 Å². The van der Waals surface area contributed by atoms with Crippen molar-refractivity contribution >= 4 is 15.9 Å². The summed E-state index contributed by atoms with van der Waals surface area (Å²) in [5.74, 6) is -0.526. The van der Waals surface area contributed by atoms with E-state index in [0.29, 0.717) is 24.1 Å². The summed E-state index contributed by atoms with van der Waals surface area (Å²) in [6.07, 6.45) is 0.422. The molecule has 1 aliphatic rings. The topological polar surface area (TPSA) is 90.3 Å². The smallest absolute Gasteiger partial charge is 0.238 e. The molecule has 1 heterocycles. The number of sulfonamides is 1. The number of nitriles is 1. The monoisotopic (exact) mass is 307 g/mol. The number of carbonyl (C=O) groups is 1. The van der Waals surface area contributed by atoms with Crippen molar-refractivity contribution in [3.63, 3.8) is 0 Å². The number of piperazine rings is 1. The van der Waals surface area contributed by atoms with Gasteiger partial charge in [-0.25, -0.2) is 8.42 Å². The lowest BCUT2D eigenvalue weighted by molar-refractivity contribution is -0.126. The summed E-state index contributed by atoms with van der Waals surface area (Å²) in [7, 11) is -3.64. The van der Waals surface area contributed by atoms with Crippen LogP contribution in [0.3, 0.4) is 0 Å². The summed E-state index contributed by atoms with van der Waals surface area (Å²) in [6.45, 7) is 2.36. The molecule has 0 aromatic heterocycles. The van der Waals surface area contributed by atoms with E-state index in [0.717, 1.165) is 0 Å². The van der Waals surface area contributed by atoms with E-state index in [1.165, 1.54) is 4.31 Å². The molecule has 1 unspecified atom stereocenters. The fourth-order valence-electron chi connectivity index (χ4n) is 2.45. The standard InChI is InChI=1S/C14H17N3O3S/c1-2-13-14(18)16-7-8-17(13)21(19,20)10-12-6-4-3-5-11(12)9-15/h3-6,13H,2,7-8,10H2,1H3,(H,16,18). The van der Waals surface area contributed by atoms with Crippen molar-refractivity contribution in [2.45, 2.75) is 25.1 Å². The first-order valence-electron chi connectivity index (χ1n) is 6.75. The molecule has 112 valence electrons. The van der Waals surface area contributed by atoms with Crippen LogP contribution in [-0.4, -0.2) is 37.8 Å². The molecule has 7 heteroatoms. The van der Waals surface area contributed by atoms with Gasteiger partial charge >= 0.3 is 0 Å². The molecule has 2 rings (SSSR count). The van der Waals surface area contributed by atoms with E-state index < -0.39 is 16.1 Å². The Hall–Kier alpha value is -1.91. The largest absolute Gasteiger partial charge is 0.353 e. The first-order chi connectivity index (χ1) is 9.99. The van der Waals surface area contributed by atoms with Gasteiger partial charge in [-0.05, 0) is 18.1 Å². The van der Waals surface area contributed by atoms with E-state index in [4.69, 9.17) is 5.26 Å². The van der Waals surface area contributed by atoms with Gasteiger partial charge in [-0.1, -0.05) is 25.1 Å². The number of nitrogens with zero attached hydrogens (tertiary/aromatic N) is 2. The fraction of sp³-hybridized carbons (Fsp3) is 0.429. The average Bonchev–Trinajstić information content (AvgIpc) is 2.47. The van der Waals surface area contributed by atoms with E-state index >= 15 is 0 Å². The molecular weight excluding hydrogens is 290 g/mol. The van der Waals surface area contributed by atoms with Crippen LogP contribution in [0.25, 0.3) is 0 Å². The molecule has 6 nitrogen and oxygen atoms in total.